The monoisotopic (exact) mass is 394 g/mol. The summed E-state index contributed by atoms with van der Waals surface area (Å²) in [5, 5.41) is 3.45. The number of hydrogen-bond donors (Lipinski definition) is 0. The quantitative estimate of drug-likeness (QED) is 0.608. The summed E-state index contributed by atoms with van der Waals surface area (Å²) < 4.78 is 6.89. The van der Waals surface area contributed by atoms with Gasteiger partial charge >= 0.3 is 0 Å². The van der Waals surface area contributed by atoms with Crippen LogP contribution >= 0.6 is 54.8 Å². The van der Waals surface area contributed by atoms with Crippen molar-refractivity contribution in [3.63, 3.8) is 0 Å². The van der Waals surface area contributed by atoms with Crippen LogP contribution in [0, 0.1) is 0 Å². The smallest absolute Gasteiger partial charge is 0.125 e. The maximum absolute atomic E-state index is 6.10. The molecule has 17 heavy (non-hydrogen) atoms. The number of hydrogen-bond acceptors (Lipinski definition) is 2. The minimum atomic E-state index is 0.554. The van der Waals surface area contributed by atoms with Crippen LogP contribution in [0.1, 0.15) is 10.4 Å². The van der Waals surface area contributed by atoms with E-state index in [2.05, 4.69) is 31.9 Å². The second-order valence-corrected chi connectivity index (χ2v) is 6.15. The average Bonchev–Trinajstić information content (AvgIpc) is 2.72. The van der Waals surface area contributed by atoms with Gasteiger partial charge in [0.15, 0.2) is 0 Å². The zero-order valence-corrected chi connectivity index (χ0v) is 13.5. The predicted octanol–water partition coefficient (Wildman–Crippen LogP) is 5.64. The van der Waals surface area contributed by atoms with Crippen molar-refractivity contribution in [3.8, 4) is 5.75 Å². The SMILES string of the molecule is Clc1cccc(OCc2sccc2Br)c1CBr. The molecular weight excluding hydrogens is 387 g/mol. The van der Waals surface area contributed by atoms with Crippen molar-refractivity contribution < 1.29 is 4.74 Å². The van der Waals surface area contributed by atoms with E-state index in [1.165, 1.54) is 4.88 Å². The summed E-state index contributed by atoms with van der Waals surface area (Å²) in [6, 6.07) is 7.72. The lowest BCUT2D eigenvalue weighted by Gasteiger charge is -2.10. The first-order valence-electron chi connectivity index (χ1n) is 4.90. The Balaban J connectivity index is 2.14. The van der Waals surface area contributed by atoms with E-state index < -0.39 is 0 Å². The lowest BCUT2D eigenvalue weighted by molar-refractivity contribution is 0.307. The summed E-state index contributed by atoms with van der Waals surface area (Å²) >= 11 is 14.7. The average molecular weight is 397 g/mol. The zero-order chi connectivity index (χ0) is 12.3. The highest BCUT2D eigenvalue weighted by molar-refractivity contribution is 9.10. The van der Waals surface area contributed by atoms with Crippen LogP contribution < -0.4 is 4.74 Å². The second kappa shape index (κ2) is 6.23. The maximum Gasteiger partial charge on any atom is 0.125 e. The molecule has 1 heterocycles. The highest BCUT2D eigenvalue weighted by Gasteiger charge is 2.08. The van der Waals surface area contributed by atoms with E-state index in [-0.39, 0.29) is 0 Å². The Morgan fingerprint density at radius 3 is 2.76 bits per heavy atom. The molecule has 0 spiro atoms. The van der Waals surface area contributed by atoms with E-state index in [1.807, 2.05) is 29.6 Å². The van der Waals surface area contributed by atoms with Crippen LogP contribution in [0.5, 0.6) is 5.75 Å². The van der Waals surface area contributed by atoms with Crippen LogP contribution in [-0.2, 0) is 11.9 Å². The molecule has 0 bridgehead atoms. The van der Waals surface area contributed by atoms with E-state index in [0.717, 1.165) is 20.8 Å². The summed E-state index contributed by atoms with van der Waals surface area (Å²) in [7, 11) is 0. The number of halogens is 3. The summed E-state index contributed by atoms with van der Waals surface area (Å²) in [6.07, 6.45) is 0. The second-order valence-electron chi connectivity index (χ2n) is 3.33. The van der Waals surface area contributed by atoms with Gasteiger partial charge in [-0.3, -0.25) is 0 Å². The molecule has 1 nitrogen and oxygen atoms in total. The van der Waals surface area contributed by atoms with Gasteiger partial charge < -0.3 is 4.74 Å². The highest BCUT2D eigenvalue weighted by atomic mass is 79.9. The van der Waals surface area contributed by atoms with Gasteiger partial charge in [0.2, 0.25) is 0 Å². The van der Waals surface area contributed by atoms with E-state index >= 15 is 0 Å². The van der Waals surface area contributed by atoms with E-state index in [0.29, 0.717) is 11.9 Å². The predicted molar refractivity (Wildman–Crippen MR) is 80.4 cm³/mol. The van der Waals surface area contributed by atoms with Crippen molar-refractivity contribution in [2.75, 3.05) is 0 Å². The lowest BCUT2D eigenvalue weighted by atomic mass is 10.2. The number of rotatable bonds is 4. The number of benzene rings is 1. The van der Waals surface area contributed by atoms with Gasteiger partial charge in [-0.25, -0.2) is 0 Å². The molecule has 2 aromatic rings. The molecule has 5 heteroatoms. The molecule has 1 aromatic carbocycles. The highest BCUT2D eigenvalue weighted by Crippen LogP contribution is 2.30. The van der Waals surface area contributed by atoms with Crippen LogP contribution in [0.4, 0.5) is 0 Å². The summed E-state index contributed by atoms with van der Waals surface area (Å²) in [5.74, 6) is 0.828. The first-order chi connectivity index (χ1) is 8.22. The van der Waals surface area contributed by atoms with Crippen LogP contribution in [-0.4, -0.2) is 0 Å². The molecule has 0 radical (unpaired) electrons. The van der Waals surface area contributed by atoms with Crippen molar-refractivity contribution in [1.29, 1.82) is 0 Å². The zero-order valence-electron chi connectivity index (χ0n) is 8.75. The molecule has 90 valence electrons. The molecule has 0 saturated carbocycles. The first-order valence-corrected chi connectivity index (χ1v) is 8.07. The molecule has 2 rings (SSSR count). The molecule has 0 atom stereocenters. The van der Waals surface area contributed by atoms with Crippen LogP contribution in [0.3, 0.4) is 0 Å². The third kappa shape index (κ3) is 3.25. The molecule has 0 aliphatic rings. The number of ether oxygens (including phenoxy) is 1. The van der Waals surface area contributed by atoms with Crippen molar-refractivity contribution in [3.05, 3.63) is 49.6 Å². The van der Waals surface area contributed by atoms with Crippen molar-refractivity contribution in [1.82, 2.24) is 0 Å². The Labute approximate surface area is 126 Å². The Bertz CT molecular complexity index is 513. The maximum atomic E-state index is 6.10. The molecule has 0 amide bonds. The van der Waals surface area contributed by atoms with Crippen LogP contribution in [0.25, 0.3) is 0 Å². The Hall–Kier alpha value is -0.0300. The van der Waals surface area contributed by atoms with Crippen molar-refractivity contribution >= 4 is 54.8 Å². The van der Waals surface area contributed by atoms with Crippen LogP contribution in [0.15, 0.2) is 34.1 Å². The van der Waals surface area contributed by atoms with Crippen LogP contribution in [0.2, 0.25) is 5.02 Å². The van der Waals surface area contributed by atoms with Crippen molar-refractivity contribution in [2.45, 2.75) is 11.9 Å². The number of alkyl halides is 1. The van der Waals surface area contributed by atoms with Gasteiger partial charge in [-0.1, -0.05) is 33.6 Å². The van der Waals surface area contributed by atoms with Gasteiger partial charge in [0.05, 0.1) is 4.88 Å². The van der Waals surface area contributed by atoms with Gasteiger partial charge in [0, 0.05) is 20.4 Å². The standard InChI is InChI=1S/C12H9Br2ClOS/c13-6-8-10(15)2-1-3-11(8)16-7-12-9(14)4-5-17-12/h1-5H,6-7H2. The summed E-state index contributed by atoms with van der Waals surface area (Å²) in [4.78, 5) is 1.17. The minimum absolute atomic E-state index is 0.554. The first kappa shape index (κ1) is 13.4. The minimum Gasteiger partial charge on any atom is -0.488 e. The fourth-order valence-corrected chi connectivity index (χ4v) is 3.73. The van der Waals surface area contributed by atoms with Gasteiger partial charge in [-0.15, -0.1) is 11.3 Å². The summed E-state index contributed by atoms with van der Waals surface area (Å²) in [5.41, 5.74) is 0.988. The Morgan fingerprint density at radius 2 is 2.12 bits per heavy atom. The van der Waals surface area contributed by atoms with Gasteiger partial charge in [0.1, 0.15) is 12.4 Å². The molecular formula is C12H9Br2ClOS. The molecule has 1 aromatic heterocycles. The molecule has 0 saturated heterocycles. The molecule has 0 aliphatic carbocycles. The van der Waals surface area contributed by atoms with E-state index in [9.17, 15) is 0 Å². The molecule has 0 fully saturated rings. The normalized spacial score (nSPS) is 10.5. The van der Waals surface area contributed by atoms with Gasteiger partial charge in [0.25, 0.3) is 0 Å². The Kier molecular flexibility index (Phi) is 4.91. The van der Waals surface area contributed by atoms with Gasteiger partial charge in [-0.2, -0.15) is 0 Å². The fourth-order valence-electron chi connectivity index (χ4n) is 1.38. The number of thiophene rings is 1. The molecule has 0 aliphatic heterocycles. The largest absolute Gasteiger partial charge is 0.488 e. The van der Waals surface area contributed by atoms with Crippen molar-refractivity contribution in [2.24, 2.45) is 0 Å². The Morgan fingerprint density at radius 1 is 1.29 bits per heavy atom. The third-order valence-corrected chi connectivity index (χ3v) is 5.07. The fraction of sp³-hybridized carbons (Fsp3) is 0.167. The van der Waals surface area contributed by atoms with Gasteiger partial charge in [-0.05, 0) is 39.5 Å². The molecule has 0 N–H and O–H groups in total. The van der Waals surface area contributed by atoms with E-state index in [1.54, 1.807) is 11.3 Å². The third-order valence-electron chi connectivity index (χ3n) is 2.26. The molecule has 0 unspecified atom stereocenters. The lowest BCUT2D eigenvalue weighted by Crippen LogP contribution is -1.97. The van der Waals surface area contributed by atoms with E-state index in [4.69, 9.17) is 16.3 Å². The summed E-state index contributed by atoms with van der Waals surface area (Å²) in [6.45, 7) is 0.554. The topological polar surface area (TPSA) is 9.23 Å².